The van der Waals surface area contributed by atoms with E-state index in [-0.39, 0.29) is 30.8 Å². The standard InChI is InChI=1S/C18H22O4/c1-10-5-11(2)14(12(3)6-10)9-17(20)15-7-13(19)8-16(15)18(21)22-4/h5-6,15-16H,7-9H2,1-4H3. The number of rotatable bonds is 4. The van der Waals surface area contributed by atoms with E-state index in [4.69, 9.17) is 4.74 Å². The molecule has 1 aromatic rings. The Morgan fingerprint density at radius 1 is 1.09 bits per heavy atom. The highest BCUT2D eigenvalue weighted by atomic mass is 16.5. The van der Waals surface area contributed by atoms with Crippen LogP contribution in [0.2, 0.25) is 0 Å². The molecule has 0 aromatic heterocycles. The van der Waals surface area contributed by atoms with Gasteiger partial charge >= 0.3 is 5.97 Å². The van der Waals surface area contributed by atoms with Crippen LogP contribution in [-0.4, -0.2) is 24.6 Å². The van der Waals surface area contributed by atoms with Gasteiger partial charge in [-0.05, 0) is 37.5 Å². The molecule has 4 heteroatoms. The molecular formula is C18H22O4. The summed E-state index contributed by atoms with van der Waals surface area (Å²) in [5.74, 6) is -1.69. The first-order valence-electron chi connectivity index (χ1n) is 7.52. The average molecular weight is 302 g/mol. The minimum atomic E-state index is -0.615. The van der Waals surface area contributed by atoms with Gasteiger partial charge < -0.3 is 4.74 Å². The zero-order valence-electron chi connectivity index (χ0n) is 13.6. The molecule has 1 aliphatic carbocycles. The summed E-state index contributed by atoms with van der Waals surface area (Å²) in [7, 11) is 1.29. The first-order chi connectivity index (χ1) is 10.3. The molecule has 0 heterocycles. The Bertz CT molecular complexity index is 607. The molecule has 0 N–H and O–H groups in total. The Labute approximate surface area is 130 Å². The van der Waals surface area contributed by atoms with Crippen LogP contribution in [0.15, 0.2) is 12.1 Å². The number of methoxy groups -OCH3 is 1. The van der Waals surface area contributed by atoms with Gasteiger partial charge in [-0.2, -0.15) is 0 Å². The summed E-state index contributed by atoms with van der Waals surface area (Å²) in [6.07, 6.45) is 0.543. The lowest BCUT2D eigenvalue weighted by molar-refractivity contribution is -0.149. The Morgan fingerprint density at radius 3 is 2.18 bits per heavy atom. The van der Waals surface area contributed by atoms with Crippen molar-refractivity contribution in [1.29, 1.82) is 0 Å². The molecule has 1 aromatic carbocycles. The SMILES string of the molecule is COC(=O)C1CC(=O)CC1C(=O)Cc1c(C)cc(C)cc1C. The van der Waals surface area contributed by atoms with Gasteiger partial charge in [-0.3, -0.25) is 14.4 Å². The average Bonchev–Trinajstić information content (AvgIpc) is 2.83. The molecule has 0 radical (unpaired) electrons. The molecule has 0 spiro atoms. The van der Waals surface area contributed by atoms with Gasteiger partial charge in [0, 0.05) is 25.2 Å². The van der Waals surface area contributed by atoms with Gasteiger partial charge in [-0.25, -0.2) is 0 Å². The minimum Gasteiger partial charge on any atom is -0.469 e. The molecule has 118 valence electrons. The van der Waals surface area contributed by atoms with Crippen LogP contribution in [0.25, 0.3) is 0 Å². The lowest BCUT2D eigenvalue weighted by atomic mass is 9.86. The van der Waals surface area contributed by atoms with Crippen molar-refractivity contribution in [2.75, 3.05) is 7.11 Å². The monoisotopic (exact) mass is 302 g/mol. The van der Waals surface area contributed by atoms with Crippen molar-refractivity contribution < 1.29 is 19.1 Å². The fraction of sp³-hybridized carbons (Fsp3) is 0.500. The van der Waals surface area contributed by atoms with Crippen LogP contribution in [0, 0.1) is 32.6 Å². The van der Waals surface area contributed by atoms with E-state index in [9.17, 15) is 14.4 Å². The highest BCUT2D eigenvalue weighted by Crippen LogP contribution is 2.32. The number of ether oxygens (including phenoxy) is 1. The summed E-state index contributed by atoms with van der Waals surface area (Å²) >= 11 is 0. The van der Waals surface area contributed by atoms with Crippen molar-refractivity contribution in [2.45, 2.75) is 40.0 Å². The van der Waals surface area contributed by atoms with Crippen molar-refractivity contribution in [2.24, 2.45) is 11.8 Å². The van der Waals surface area contributed by atoms with Crippen molar-refractivity contribution in [3.8, 4) is 0 Å². The highest BCUT2D eigenvalue weighted by molar-refractivity contribution is 5.98. The maximum Gasteiger partial charge on any atom is 0.309 e. The molecule has 2 atom stereocenters. The van der Waals surface area contributed by atoms with Gasteiger partial charge in [0.2, 0.25) is 0 Å². The summed E-state index contributed by atoms with van der Waals surface area (Å²) in [6, 6.07) is 4.10. The molecule has 22 heavy (non-hydrogen) atoms. The fourth-order valence-corrected chi connectivity index (χ4v) is 3.39. The van der Waals surface area contributed by atoms with Crippen LogP contribution in [0.1, 0.15) is 35.1 Å². The van der Waals surface area contributed by atoms with E-state index < -0.39 is 17.8 Å². The molecule has 0 saturated heterocycles. The van der Waals surface area contributed by atoms with E-state index in [1.807, 2.05) is 32.9 Å². The van der Waals surface area contributed by atoms with Crippen LogP contribution < -0.4 is 0 Å². The third-order valence-corrected chi connectivity index (χ3v) is 4.49. The summed E-state index contributed by atoms with van der Waals surface area (Å²) in [4.78, 5) is 36.1. The Morgan fingerprint density at radius 2 is 1.64 bits per heavy atom. The van der Waals surface area contributed by atoms with E-state index >= 15 is 0 Å². The molecular weight excluding hydrogens is 280 g/mol. The second-order valence-corrected chi connectivity index (χ2v) is 6.20. The predicted octanol–water partition coefficient (Wildman–Crippen LogP) is 2.49. The number of hydrogen-bond donors (Lipinski definition) is 0. The third kappa shape index (κ3) is 3.26. The number of ketones is 2. The number of hydrogen-bond acceptors (Lipinski definition) is 4. The largest absolute Gasteiger partial charge is 0.469 e. The normalized spacial score (nSPS) is 21.0. The van der Waals surface area contributed by atoms with Crippen molar-refractivity contribution in [1.82, 2.24) is 0 Å². The molecule has 2 unspecified atom stereocenters. The number of esters is 1. The van der Waals surface area contributed by atoms with Crippen LogP contribution in [0.3, 0.4) is 0 Å². The van der Waals surface area contributed by atoms with E-state index in [1.165, 1.54) is 7.11 Å². The van der Waals surface area contributed by atoms with Crippen molar-refractivity contribution >= 4 is 17.5 Å². The van der Waals surface area contributed by atoms with Gasteiger partial charge in [0.15, 0.2) is 0 Å². The number of carbonyl (C=O) groups excluding carboxylic acids is 3. The van der Waals surface area contributed by atoms with E-state index in [2.05, 4.69) is 0 Å². The molecule has 0 bridgehead atoms. The number of aryl methyl sites for hydroxylation is 3. The number of Topliss-reactive ketones (excluding diaryl/α,β-unsaturated/α-hetero) is 2. The third-order valence-electron chi connectivity index (χ3n) is 4.49. The first kappa shape index (κ1) is 16.4. The second kappa shape index (κ2) is 6.42. The van der Waals surface area contributed by atoms with Gasteiger partial charge in [0.1, 0.15) is 11.6 Å². The summed E-state index contributed by atoms with van der Waals surface area (Å²) < 4.78 is 4.73. The van der Waals surface area contributed by atoms with Gasteiger partial charge in [-0.15, -0.1) is 0 Å². The summed E-state index contributed by atoms with van der Waals surface area (Å²) in [6.45, 7) is 5.99. The topological polar surface area (TPSA) is 60.4 Å². The van der Waals surface area contributed by atoms with Crippen LogP contribution in [-0.2, 0) is 25.5 Å². The molecule has 2 rings (SSSR count). The van der Waals surface area contributed by atoms with Crippen LogP contribution >= 0.6 is 0 Å². The maximum absolute atomic E-state index is 12.6. The Hall–Kier alpha value is -1.97. The van der Waals surface area contributed by atoms with E-state index in [1.54, 1.807) is 0 Å². The zero-order chi connectivity index (χ0) is 16.4. The lowest BCUT2D eigenvalue weighted by Gasteiger charge is -2.17. The molecule has 4 nitrogen and oxygen atoms in total. The van der Waals surface area contributed by atoms with Crippen LogP contribution in [0.4, 0.5) is 0 Å². The zero-order valence-corrected chi connectivity index (χ0v) is 13.6. The molecule has 1 fully saturated rings. The Kier molecular flexibility index (Phi) is 4.79. The maximum atomic E-state index is 12.6. The summed E-state index contributed by atoms with van der Waals surface area (Å²) in [5.41, 5.74) is 4.31. The first-order valence-corrected chi connectivity index (χ1v) is 7.52. The van der Waals surface area contributed by atoms with Gasteiger partial charge in [0.25, 0.3) is 0 Å². The second-order valence-electron chi connectivity index (χ2n) is 6.20. The van der Waals surface area contributed by atoms with E-state index in [0.717, 1.165) is 22.3 Å². The smallest absolute Gasteiger partial charge is 0.309 e. The summed E-state index contributed by atoms with van der Waals surface area (Å²) in [5, 5.41) is 0. The minimum absolute atomic E-state index is 0.0360. The molecule has 1 saturated carbocycles. The van der Waals surface area contributed by atoms with Gasteiger partial charge in [-0.1, -0.05) is 17.7 Å². The molecule has 1 aliphatic rings. The Balaban J connectivity index is 2.22. The highest BCUT2D eigenvalue weighted by Gasteiger charge is 2.42. The van der Waals surface area contributed by atoms with Crippen molar-refractivity contribution in [3.05, 3.63) is 34.4 Å². The predicted molar refractivity (Wildman–Crippen MR) is 82.6 cm³/mol. The van der Waals surface area contributed by atoms with Crippen LogP contribution in [0.5, 0.6) is 0 Å². The quantitative estimate of drug-likeness (QED) is 0.802. The number of carbonyl (C=O) groups is 3. The number of benzene rings is 1. The molecule has 0 amide bonds. The lowest BCUT2D eigenvalue weighted by Crippen LogP contribution is -2.28. The van der Waals surface area contributed by atoms with Gasteiger partial charge in [0.05, 0.1) is 13.0 Å². The van der Waals surface area contributed by atoms with Crippen molar-refractivity contribution in [3.63, 3.8) is 0 Å². The molecule has 0 aliphatic heterocycles. The fourth-order valence-electron chi connectivity index (χ4n) is 3.39. The van der Waals surface area contributed by atoms with E-state index in [0.29, 0.717) is 0 Å².